The summed E-state index contributed by atoms with van der Waals surface area (Å²) < 4.78 is 26.0. The number of hydrogen-bond donors (Lipinski definition) is 0. The number of aryl methyl sites for hydroxylation is 1. The van der Waals surface area contributed by atoms with E-state index in [-0.39, 0.29) is 5.56 Å². The molecule has 0 radical (unpaired) electrons. The summed E-state index contributed by atoms with van der Waals surface area (Å²) in [5.41, 5.74) is 1.38. The summed E-state index contributed by atoms with van der Waals surface area (Å²) in [6.45, 7) is 1.71. The Morgan fingerprint density at radius 2 is 1.63 bits per heavy atom. The van der Waals surface area contributed by atoms with Gasteiger partial charge >= 0.3 is 0 Å². The van der Waals surface area contributed by atoms with Gasteiger partial charge in [-0.15, -0.1) is 11.6 Å². The van der Waals surface area contributed by atoms with Crippen LogP contribution in [0.15, 0.2) is 42.5 Å². The Bertz CT molecular complexity index is 608. The molecule has 0 saturated heterocycles. The molecule has 0 bridgehead atoms. The van der Waals surface area contributed by atoms with Crippen molar-refractivity contribution in [2.24, 2.45) is 0 Å². The second-order valence-corrected chi connectivity index (χ2v) is 4.67. The van der Waals surface area contributed by atoms with Gasteiger partial charge in [-0.25, -0.2) is 8.78 Å². The Kier molecular flexibility index (Phi) is 3.96. The second-order valence-electron chi connectivity index (χ2n) is 4.24. The van der Waals surface area contributed by atoms with E-state index in [1.807, 2.05) is 0 Å². The first-order valence-electron chi connectivity index (χ1n) is 5.69. The normalized spacial score (nSPS) is 12.2. The first-order valence-corrected chi connectivity index (χ1v) is 6.12. The summed E-state index contributed by atoms with van der Waals surface area (Å²) in [5.74, 6) is -1.29. The van der Waals surface area contributed by atoms with E-state index in [2.05, 4.69) is 0 Å². The third kappa shape index (κ3) is 2.99. The number of halogens is 3. The molecule has 1 nitrogen and oxygen atoms in total. The number of benzene rings is 2. The van der Waals surface area contributed by atoms with Crippen LogP contribution in [0.4, 0.5) is 8.78 Å². The van der Waals surface area contributed by atoms with Crippen molar-refractivity contribution in [3.05, 3.63) is 70.8 Å². The molecular weight excluding hydrogens is 270 g/mol. The summed E-state index contributed by atoms with van der Waals surface area (Å²) in [7, 11) is 0. The highest BCUT2D eigenvalue weighted by Gasteiger charge is 2.21. The summed E-state index contributed by atoms with van der Waals surface area (Å²) >= 11 is 6.07. The van der Waals surface area contributed by atoms with Gasteiger partial charge in [-0.3, -0.25) is 4.79 Å². The van der Waals surface area contributed by atoms with Crippen molar-refractivity contribution >= 4 is 17.4 Å². The smallest absolute Gasteiger partial charge is 0.185 e. The highest BCUT2D eigenvalue weighted by molar-refractivity contribution is 6.34. The quantitative estimate of drug-likeness (QED) is 0.600. The monoisotopic (exact) mass is 280 g/mol. The third-order valence-corrected chi connectivity index (χ3v) is 3.31. The van der Waals surface area contributed by atoms with Gasteiger partial charge < -0.3 is 0 Å². The van der Waals surface area contributed by atoms with E-state index in [4.69, 9.17) is 11.6 Å². The molecule has 4 heteroatoms. The lowest BCUT2D eigenvalue weighted by Gasteiger charge is -2.11. The summed E-state index contributed by atoms with van der Waals surface area (Å²) in [5, 5.41) is -0.957. The highest BCUT2D eigenvalue weighted by atomic mass is 35.5. The number of hydrogen-bond acceptors (Lipinski definition) is 1. The minimum Gasteiger partial charge on any atom is -0.292 e. The fourth-order valence-corrected chi connectivity index (χ4v) is 2.04. The molecule has 98 valence electrons. The minimum atomic E-state index is -0.957. The Hall–Kier alpha value is -1.74. The first kappa shape index (κ1) is 13.7. The molecule has 0 amide bonds. The molecule has 2 aromatic rings. The van der Waals surface area contributed by atoms with Crippen LogP contribution < -0.4 is 0 Å². The van der Waals surface area contributed by atoms with E-state index in [0.29, 0.717) is 11.1 Å². The number of alkyl halides is 1. The topological polar surface area (TPSA) is 17.1 Å². The van der Waals surface area contributed by atoms with Crippen molar-refractivity contribution in [3.8, 4) is 0 Å². The molecule has 2 aromatic carbocycles. The lowest BCUT2D eigenvalue weighted by Crippen LogP contribution is -2.09. The van der Waals surface area contributed by atoms with Gasteiger partial charge in [0.2, 0.25) is 0 Å². The van der Waals surface area contributed by atoms with Crippen LogP contribution in [-0.4, -0.2) is 5.78 Å². The van der Waals surface area contributed by atoms with Crippen molar-refractivity contribution in [2.75, 3.05) is 0 Å². The van der Waals surface area contributed by atoms with Gasteiger partial charge in [-0.2, -0.15) is 0 Å². The van der Waals surface area contributed by atoms with Gasteiger partial charge in [-0.05, 0) is 42.3 Å². The largest absolute Gasteiger partial charge is 0.292 e. The third-order valence-electron chi connectivity index (χ3n) is 2.86. The Labute approximate surface area is 114 Å². The second kappa shape index (κ2) is 5.49. The molecule has 0 saturated carbocycles. The average Bonchev–Trinajstić information content (AvgIpc) is 2.41. The molecule has 0 spiro atoms. The van der Waals surface area contributed by atoms with Crippen molar-refractivity contribution in [2.45, 2.75) is 12.3 Å². The van der Waals surface area contributed by atoms with E-state index < -0.39 is 22.8 Å². The maximum Gasteiger partial charge on any atom is 0.185 e. The van der Waals surface area contributed by atoms with Gasteiger partial charge in [0.05, 0.1) is 0 Å². The van der Waals surface area contributed by atoms with E-state index in [0.717, 1.165) is 6.07 Å². The van der Waals surface area contributed by atoms with Gasteiger partial charge in [0.15, 0.2) is 5.78 Å². The summed E-state index contributed by atoms with van der Waals surface area (Å²) in [6.07, 6.45) is 0. The van der Waals surface area contributed by atoms with Crippen molar-refractivity contribution < 1.29 is 13.6 Å². The zero-order valence-electron chi connectivity index (χ0n) is 10.2. The fourth-order valence-electron chi connectivity index (χ4n) is 1.78. The molecule has 0 aliphatic carbocycles. The number of ketones is 1. The van der Waals surface area contributed by atoms with Gasteiger partial charge in [0, 0.05) is 5.56 Å². The molecule has 0 aliphatic rings. The van der Waals surface area contributed by atoms with Crippen LogP contribution in [0, 0.1) is 18.6 Å². The number of carbonyl (C=O) groups excluding carboxylic acids is 1. The zero-order valence-corrected chi connectivity index (χ0v) is 10.9. The highest BCUT2D eigenvalue weighted by Crippen LogP contribution is 2.27. The van der Waals surface area contributed by atoms with Crippen LogP contribution >= 0.6 is 11.6 Å². The summed E-state index contributed by atoms with van der Waals surface area (Å²) in [4.78, 5) is 12.2. The van der Waals surface area contributed by atoms with Crippen LogP contribution in [0.5, 0.6) is 0 Å². The van der Waals surface area contributed by atoms with E-state index in [1.165, 1.54) is 36.4 Å². The maximum absolute atomic E-state index is 13.2. The Balaban J connectivity index is 2.33. The lowest BCUT2D eigenvalue weighted by molar-refractivity contribution is 0.0986. The SMILES string of the molecule is Cc1ccc(F)cc1C(=O)C(Cl)c1ccc(F)cc1. The van der Waals surface area contributed by atoms with Gasteiger partial charge in [0.25, 0.3) is 0 Å². The zero-order chi connectivity index (χ0) is 14.0. The van der Waals surface area contributed by atoms with Crippen LogP contribution in [-0.2, 0) is 0 Å². The molecule has 0 aliphatic heterocycles. The molecule has 1 unspecified atom stereocenters. The fraction of sp³-hybridized carbons (Fsp3) is 0.133. The van der Waals surface area contributed by atoms with Crippen LogP contribution in [0.2, 0.25) is 0 Å². The van der Waals surface area contributed by atoms with Crippen molar-refractivity contribution in [1.29, 1.82) is 0 Å². The van der Waals surface area contributed by atoms with Crippen LogP contribution in [0.1, 0.15) is 26.9 Å². The lowest BCUT2D eigenvalue weighted by atomic mass is 9.98. The first-order chi connectivity index (χ1) is 8.99. The van der Waals surface area contributed by atoms with E-state index >= 15 is 0 Å². The molecule has 0 fully saturated rings. The Morgan fingerprint density at radius 1 is 1.05 bits per heavy atom. The summed E-state index contributed by atoms with van der Waals surface area (Å²) in [6, 6.07) is 9.33. The number of carbonyl (C=O) groups is 1. The number of rotatable bonds is 3. The predicted molar refractivity (Wildman–Crippen MR) is 70.5 cm³/mol. The molecule has 0 heterocycles. The molecule has 2 rings (SSSR count). The van der Waals surface area contributed by atoms with Crippen molar-refractivity contribution in [3.63, 3.8) is 0 Å². The standard InChI is InChI=1S/C15H11ClF2O/c1-9-2-5-12(18)8-13(9)15(19)14(16)10-3-6-11(17)7-4-10/h2-8,14H,1H3. The molecule has 19 heavy (non-hydrogen) atoms. The predicted octanol–water partition coefficient (Wildman–Crippen LogP) is 4.44. The van der Waals surface area contributed by atoms with Crippen LogP contribution in [0.25, 0.3) is 0 Å². The van der Waals surface area contributed by atoms with Crippen LogP contribution in [0.3, 0.4) is 0 Å². The maximum atomic E-state index is 13.2. The molecular formula is C15H11ClF2O. The van der Waals surface area contributed by atoms with Gasteiger partial charge in [0.1, 0.15) is 17.0 Å². The van der Waals surface area contributed by atoms with E-state index in [1.54, 1.807) is 6.92 Å². The number of Topliss-reactive ketones (excluding diaryl/α,β-unsaturated/α-hetero) is 1. The van der Waals surface area contributed by atoms with Crippen molar-refractivity contribution in [1.82, 2.24) is 0 Å². The minimum absolute atomic E-state index is 0.240. The Morgan fingerprint density at radius 3 is 2.26 bits per heavy atom. The van der Waals surface area contributed by atoms with Gasteiger partial charge in [-0.1, -0.05) is 18.2 Å². The molecule has 0 N–H and O–H groups in total. The molecule has 0 aromatic heterocycles. The average molecular weight is 281 g/mol. The van der Waals surface area contributed by atoms with E-state index in [9.17, 15) is 13.6 Å². The molecule has 1 atom stereocenters.